The van der Waals surface area contributed by atoms with Gasteiger partial charge in [-0.3, -0.25) is 0 Å². The third-order valence-corrected chi connectivity index (χ3v) is 3.35. The SMILES string of the molecule is CCNCc1ccccc1C(O)c1ccc(Cl)cc1. The summed E-state index contributed by atoms with van der Waals surface area (Å²) in [6.07, 6.45) is -0.618. The largest absolute Gasteiger partial charge is 0.384 e. The van der Waals surface area contributed by atoms with Crippen LogP contribution in [0.25, 0.3) is 0 Å². The first-order chi connectivity index (χ1) is 9.22. The molecule has 2 rings (SSSR count). The highest BCUT2D eigenvalue weighted by atomic mass is 35.5. The minimum atomic E-state index is -0.618. The first kappa shape index (κ1) is 14.1. The maximum Gasteiger partial charge on any atom is 0.104 e. The van der Waals surface area contributed by atoms with Crippen LogP contribution in [0.2, 0.25) is 5.02 Å². The molecule has 0 radical (unpaired) electrons. The second kappa shape index (κ2) is 6.71. The molecule has 19 heavy (non-hydrogen) atoms. The number of aliphatic hydroxyl groups excluding tert-OH is 1. The van der Waals surface area contributed by atoms with Crippen molar-refractivity contribution in [3.63, 3.8) is 0 Å². The zero-order valence-electron chi connectivity index (χ0n) is 10.9. The van der Waals surface area contributed by atoms with Crippen LogP contribution in [-0.2, 0) is 6.54 Å². The van der Waals surface area contributed by atoms with Crippen molar-refractivity contribution in [2.24, 2.45) is 0 Å². The Morgan fingerprint density at radius 3 is 2.47 bits per heavy atom. The van der Waals surface area contributed by atoms with Crippen LogP contribution in [0.15, 0.2) is 48.5 Å². The third kappa shape index (κ3) is 3.57. The van der Waals surface area contributed by atoms with E-state index >= 15 is 0 Å². The Hall–Kier alpha value is -1.35. The Morgan fingerprint density at radius 2 is 1.79 bits per heavy atom. The number of nitrogens with one attached hydrogen (secondary N) is 1. The van der Waals surface area contributed by atoms with Crippen LogP contribution in [0.5, 0.6) is 0 Å². The molecule has 0 bridgehead atoms. The van der Waals surface area contributed by atoms with Gasteiger partial charge in [-0.05, 0) is 35.4 Å². The molecular weight excluding hydrogens is 258 g/mol. The smallest absolute Gasteiger partial charge is 0.104 e. The second-order valence-electron chi connectivity index (χ2n) is 4.43. The first-order valence-corrected chi connectivity index (χ1v) is 6.82. The predicted molar refractivity (Wildman–Crippen MR) is 79.3 cm³/mol. The van der Waals surface area contributed by atoms with Gasteiger partial charge in [-0.25, -0.2) is 0 Å². The van der Waals surface area contributed by atoms with E-state index in [1.807, 2.05) is 36.4 Å². The molecule has 0 aliphatic rings. The van der Waals surface area contributed by atoms with E-state index in [0.717, 1.165) is 29.8 Å². The molecule has 0 spiro atoms. The minimum Gasteiger partial charge on any atom is -0.384 e. The molecule has 2 aromatic rings. The van der Waals surface area contributed by atoms with Gasteiger partial charge in [-0.1, -0.05) is 54.9 Å². The van der Waals surface area contributed by atoms with Crippen LogP contribution in [0, 0.1) is 0 Å². The van der Waals surface area contributed by atoms with Crippen molar-refractivity contribution < 1.29 is 5.11 Å². The normalized spacial score (nSPS) is 12.4. The molecule has 0 fully saturated rings. The lowest BCUT2D eigenvalue weighted by Crippen LogP contribution is -2.14. The fourth-order valence-electron chi connectivity index (χ4n) is 2.05. The predicted octanol–water partition coefficient (Wildman–Crippen LogP) is 3.53. The lowest BCUT2D eigenvalue weighted by atomic mass is 9.97. The number of benzene rings is 2. The quantitative estimate of drug-likeness (QED) is 0.875. The summed E-state index contributed by atoms with van der Waals surface area (Å²) in [4.78, 5) is 0. The molecule has 3 heteroatoms. The van der Waals surface area contributed by atoms with E-state index in [1.54, 1.807) is 12.1 Å². The van der Waals surface area contributed by atoms with Crippen LogP contribution in [0.3, 0.4) is 0 Å². The van der Waals surface area contributed by atoms with E-state index < -0.39 is 6.10 Å². The standard InChI is InChI=1S/C16H18ClNO/c1-2-18-11-13-5-3-4-6-15(13)16(19)12-7-9-14(17)10-8-12/h3-10,16,18-19H,2,11H2,1H3. The fraction of sp³-hybridized carbons (Fsp3) is 0.250. The number of halogens is 1. The minimum absolute atomic E-state index is 0.618. The summed E-state index contributed by atoms with van der Waals surface area (Å²) in [6, 6.07) is 15.3. The molecule has 0 aromatic heterocycles. The van der Waals surface area contributed by atoms with Crippen molar-refractivity contribution in [2.45, 2.75) is 19.6 Å². The van der Waals surface area contributed by atoms with Crippen molar-refractivity contribution in [1.82, 2.24) is 5.32 Å². The van der Waals surface area contributed by atoms with E-state index in [2.05, 4.69) is 12.2 Å². The first-order valence-electron chi connectivity index (χ1n) is 6.44. The Labute approximate surface area is 119 Å². The average molecular weight is 276 g/mol. The summed E-state index contributed by atoms with van der Waals surface area (Å²) in [6.45, 7) is 3.74. The topological polar surface area (TPSA) is 32.3 Å². The zero-order valence-corrected chi connectivity index (χ0v) is 11.7. The van der Waals surface area contributed by atoms with Crippen LogP contribution < -0.4 is 5.32 Å². The summed E-state index contributed by atoms with van der Waals surface area (Å²) in [5, 5.41) is 14.5. The van der Waals surface area contributed by atoms with Crippen molar-refractivity contribution in [1.29, 1.82) is 0 Å². The Kier molecular flexibility index (Phi) is 4.97. The molecule has 2 aromatic carbocycles. The van der Waals surface area contributed by atoms with Gasteiger partial charge in [0.25, 0.3) is 0 Å². The summed E-state index contributed by atoms with van der Waals surface area (Å²) < 4.78 is 0. The molecule has 0 heterocycles. The second-order valence-corrected chi connectivity index (χ2v) is 4.87. The molecule has 2 N–H and O–H groups in total. The summed E-state index contributed by atoms with van der Waals surface area (Å²) in [5.74, 6) is 0. The van der Waals surface area contributed by atoms with Crippen molar-refractivity contribution >= 4 is 11.6 Å². The van der Waals surface area contributed by atoms with E-state index in [0.29, 0.717) is 5.02 Å². The monoisotopic (exact) mass is 275 g/mol. The molecule has 0 saturated heterocycles. The van der Waals surface area contributed by atoms with Crippen LogP contribution in [0.4, 0.5) is 0 Å². The van der Waals surface area contributed by atoms with Gasteiger partial charge in [0.2, 0.25) is 0 Å². The Balaban J connectivity index is 2.27. The number of rotatable bonds is 5. The summed E-state index contributed by atoms with van der Waals surface area (Å²) >= 11 is 5.87. The Bertz CT molecular complexity index is 525. The number of hydrogen-bond acceptors (Lipinski definition) is 2. The highest BCUT2D eigenvalue weighted by molar-refractivity contribution is 6.30. The highest BCUT2D eigenvalue weighted by Crippen LogP contribution is 2.26. The van der Waals surface area contributed by atoms with E-state index in [-0.39, 0.29) is 0 Å². The maximum absolute atomic E-state index is 10.5. The van der Waals surface area contributed by atoms with Gasteiger partial charge >= 0.3 is 0 Å². The van der Waals surface area contributed by atoms with E-state index in [9.17, 15) is 5.11 Å². The van der Waals surface area contributed by atoms with Gasteiger partial charge in [0.15, 0.2) is 0 Å². The molecule has 0 amide bonds. The van der Waals surface area contributed by atoms with Crippen LogP contribution >= 0.6 is 11.6 Å². The van der Waals surface area contributed by atoms with Gasteiger partial charge in [0.05, 0.1) is 0 Å². The van der Waals surface area contributed by atoms with Gasteiger partial charge in [-0.15, -0.1) is 0 Å². The van der Waals surface area contributed by atoms with E-state index in [1.165, 1.54) is 0 Å². The molecule has 0 aliphatic carbocycles. The van der Waals surface area contributed by atoms with Gasteiger partial charge in [0.1, 0.15) is 6.10 Å². The summed E-state index contributed by atoms with van der Waals surface area (Å²) in [5.41, 5.74) is 2.91. The molecule has 100 valence electrons. The van der Waals surface area contributed by atoms with Crippen LogP contribution in [-0.4, -0.2) is 11.7 Å². The number of aliphatic hydroxyl groups is 1. The van der Waals surface area contributed by atoms with Crippen LogP contribution in [0.1, 0.15) is 29.7 Å². The lowest BCUT2D eigenvalue weighted by Gasteiger charge is -2.16. The Morgan fingerprint density at radius 1 is 1.11 bits per heavy atom. The van der Waals surface area contributed by atoms with Gasteiger partial charge < -0.3 is 10.4 Å². The average Bonchev–Trinajstić information content (AvgIpc) is 2.45. The van der Waals surface area contributed by atoms with Crippen molar-refractivity contribution in [3.8, 4) is 0 Å². The maximum atomic E-state index is 10.5. The molecule has 2 nitrogen and oxygen atoms in total. The molecule has 1 unspecified atom stereocenters. The molecule has 1 atom stereocenters. The lowest BCUT2D eigenvalue weighted by molar-refractivity contribution is 0.219. The van der Waals surface area contributed by atoms with Crippen molar-refractivity contribution in [2.75, 3.05) is 6.54 Å². The van der Waals surface area contributed by atoms with Gasteiger partial charge in [-0.2, -0.15) is 0 Å². The highest BCUT2D eigenvalue weighted by Gasteiger charge is 2.13. The fourth-order valence-corrected chi connectivity index (χ4v) is 2.17. The van der Waals surface area contributed by atoms with Gasteiger partial charge in [0, 0.05) is 11.6 Å². The van der Waals surface area contributed by atoms with Crippen molar-refractivity contribution in [3.05, 3.63) is 70.2 Å². The molecular formula is C16H18ClNO. The summed E-state index contributed by atoms with van der Waals surface area (Å²) in [7, 11) is 0. The third-order valence-electron chi connectivity index (χ3n) is 3.10. The van der Waals surface area contributed by atoms with E-state index in [4.69, 9.17) is 11.6 Å². The molecule has 0 saturated carbocycles. The number of hydrogen-bond donors (Lipinski definition) is 2. The zero-order chi connectivity index (χ0) is 13.7. The molecule has 0 aliphatic heterocycles.